The molecule has 0 spiro atoms. The molecule has 1 saturated carbocycles. The number of hydrogen-bond donors (Lipinski definition) is 1. The van der Waals surface area contributed by atoms with Gasteiger partial charge in [0.05, 0.1) is 6.54 Å². The molecule has 1 aromatic carbocycles. The summed E-state index contributed by atoms with van der Waals surface area (Å²) in [4.78, 5) is 14.0. The quantitative estimate of drug-likeness (QED) is 0.896. The number of amides is 1. The van der Waals surface area contributed by atoms with Crippen molar-refractivity contribution in [2.24, 2.45) is 5.92 Å². The number of rotatable bonds is 5. The molecule has 23 heavy (non-hydrogen) atoms. The maximum Gasteiger partial charge on any atom is 0.234 e. The summed E-state index contributed by atoms with van der Waals surface area (Å²) in [6.07, 6.45) is 4.54. The van der Waals surface area contributed by atoms with E-state index in [1.165, 1.54) is 12.5 Å². The number of halogens is 2. The number of carbonyl (C=O) groups is 1. The van der Waals surface area contributed by atoms with Gasteiger partial charge in [0, 0.05) is 17.6 Å². The van der Waals surface area contributed by atoms with Crippen LogP contribution in [-0.2, 0) is 4.79 Å². The van der Waals surface area contributed by atoms with Gasteiger partial charge < -0.3 is 5.32 Å². The van der Waals surface area contributed by atoms with Gasteiger partial charge in [-0.1, -0.05) is 19.8 Å². The topological polar surface area (TPSA) is 32.3 Å². The molecule has 1 aliphatic rings. The average Bonchev–Trinajstić information content (AvgIpc) is 2.51. The fourth-order valence-electron chi connectivity index (χ4n) is 3.22. The largest absolute Gasteiger partial charge is 0.352 e. The fourth-order valence-corrected chi connectivity index (χ4v) is 3.22. The third-order valence-electron chi connectivity index (χ3n) is 4.92. The molecule has 3 nitrogen and oxygen atoms in total. The number of nitrogens with one attached hydrogen (secondary N) is 1. The molecule has 1 aromatic rings. The molecule has 128 valence electrons. The van der Waals surface area contributed by atoms with Gasteiger partial charge in [-0.25, -0.2) is 8.78 Å². The van der Waals surface area contributed by atoms with Crippen LogP contribution < -0.4 is 5.32 Å². The van der Waals surface area contributed by atoms with Crippen LogP contribution in [-0.4, -0.2) is 30.4 Å². The Morgan fingerprint density at radius 1 is 1.35 bits per heavy atom. The second-order valence-electron chi connectivity index (χ2n) is 6.69. The highest BCUT2D eigenvalue weighted by atomic mass is 19.1. The van der Waals surface area contributed by atoms with Crippen LogP contribution in [0.2, 0.25) is 0 Å². The van der Waals surface area contributed by atoms with E-state index >= 15 is 0 Å². The Morgan fingerprint density at radius 2 is 2.04 bits per heavy atom. The first-order chi connectivity index (χ1) is 10.9. The highest BCUT2D eigenvalue weighted by Crippen LogP contribution is 2.24. The maximum atomic E-state index is 13.8. The molecule has 1 amide bonds. The zero-order valence-electron chi connectivity index (χ0n) is 14.1. The Hall–Kier alpha value is -1.49. The predicted octanol–water partition coefficient (Wildman–Crippen LogP) is 3.65. The zero-order chi connectivity index (χ0) is 17.0. The van der Waals surface area contributed by atoms with Crippen molar-refractivity contribution in [1.29, 1.82) is 0 Å². The Kier molecular flexibility index (Phi) is 6.10. The molecule has 1 fully saturated rings. The molecule has 0 aromatic heterocycles. The molecule has 3 unspecified atom stereocenters. The third kappa shape index (κ3) is 4.74. The monoisotopic (exact) mass is 324 g/mol. The highest BCUT2D eigenvalue weighted by molar-refractivity contribution is 5.78. The van der Waals surface area contributed by atoms with Crippen molar-refractivity contribution in [3.63, 3.8) is 0 Å². The van der Waals surface area contributed by atoms with Crippen molar-refractivity contribution in [2.75, 3.05) is 13.6 Å². The van der Waals surface area contributed by atoms with E-state index in [-0.39, 0.29) is 30.1 Å². The minimum absolute atomic E-state index is 0.0603. The van der Waals surface area contributed by atoms with Gasteiger partial charge in [0.1, 0.15) is 11.6 Å². The van der Waals surface area contributed by atoms with Gasteiger partial charge in [-0.15, -0.1) is 0 Å². The lowest BCUT2D eigenvalue weighted by atomic mass is 9.86. The first-order valence-electron chi connectivity index (χ1n) is 8.33. The first kappa shape index (κ1) is 17.9. The second-order valence-corrected chi connectivity index (χ2v) is 6.69. The number of hydrogen-bond acceptors (Lipinski definition) is 2. The van der Waals surface area contributed by atoms with Crippen molar-refractivity contribution < 1.29 is 13.6 Å². The molecular weight excluding hydrogens is 298 g/mol. The molecule has 0 heterocycles. The standard InChI is InChI=1S/C18H26F2N2O/c1-12-6-4-5-7-17(12)21-18(23)11-22(3)13(2)15-10-14(19)8-9-16(15)20/h8-10,12-13,17H,4-7,11H2,1-3H3,(H,21,23). The minimum Gasteiger partial charge on any atom is -0.352 e. The first-order valence-corrected chi connectivity index (χ1v) is 8.33. The second kappa shape index (κ2) is 7.86. The van der Waals surface area contributed by atoms with Crippen LogP contribution in [0.5, 0.6) is 0 Å². The molecule has 0 radical (unpaired) electrons. The Bertz CT molecular complexity index is 550. The van der Waals surface area contributed by atoms with Gasteiger partial charge in [-0.3, -0.25) is 9.69 Å². The van der Waals surface area contributed by atoms with Crippen molar-refractivity contribution in [3.8, 4) is 0 Å². The molecule has 3 atom stereocenters. The summed E-state index contributed by atoms with van der Waals surface area (Å²) in [5.41, 5.74) is 0.270. The SMILES string of the molecule is CC1CCCCC1NC(=O)CN(C)C(C)c1cc(F)ccc1F. The molecular formula is C18H26F2N2O. The number of benzene rings is 1. The van der Waals surface area contributed by atoms with Gasteiger partial charge in [0.15, 0.2) is 0 Å². The molecule has 0 saturated heterocycles. The number of likely N-dealkylation sites (N-methyl/N-ethyl adjacent to an activating group) is 1. The molecule has 0 aliphatic heterocycles. The van der Waals surface area contributed by atoms with Gasteiger partial charge >= 0.3 is 0 Å². The van der Waals surface area contributed by atoms with E-state index in [1.54, 1.807) is 18.9 Å². The van der Waals surface area contributed by atoms with Gasteiger partial charge in [-0.05, 0) is 50.9 Å². The summed E-state index contributed by atoms with van der Waals surface area (Å²) >= 11 is 0. The van der Waals surface area contributed by atoms with Crippen LogP contribution in [0.15, 0.2) is 18.2 Å². The van der Waals surface area contributed by atoms with Crippen LogP contribution in [0.25, 0.3) is 0 Å². The maximum absolute atomic E-state index is 13.8. The van der Waals surface area contributed by atoms with E-state index in [0.717, 1.165) is 31.4 Å². The Morgan fingerprint density at radius 3 is 2.74 bits per heavy atom. The van der Waals surface area contributed by atoms with E-state index in [2.05, 4.69) is 12.2 Å². The summed E-state index contributed by atoms with van der Waals surface area (Å²) in [5, 5.41) is 3.08. The van der Waals surface area contributed by atoms with Crippen molar-refractivity contribution in [1.82, 2.24) is 10.2 Å². The lowest BCUT2D eigenvalue weighted by molar-refractivity contribution is -0.123. The van der Waals surface area contributed by atoms with E-state index < -0.39 is 11.6 Å². The van der Waals surface area contributed by atoms with Gasteiger partial charge in [-0.2, -0.15) is 0 Å². The van der Waals surface area contributed by atoms with Crippen molar-refractivity contribution >= 4 is 5.91 Å². The van der Waals surface area contributed by atoms with Crippen molar-refractivity contribution in [2.45, 2.75) is 51.6 Å². The van der Waals surface area contributed by atoms with Crippen LogP contribution in [0.4, 0.5) is 8.78 Å². The van der Waals surface area contributed by atoms with E-state index in [4.69, 9.17) is 0 Å². The fraction of sp³-hybridized carbons (Fsp3) is 0.611. The molecule has 1 N–H and O–H groups in total. The smallest absolute Gasteiger partial charge is 0.234 e. The lowest BCUT2D eigenvalue weighted by Crippen LogP contribution is -2.45. The summed E-state index contributed by atoms with van der Waals surface area (Å²) in [5.74, 6) is -0.486. The summed E-state index contributed by atoms with van der Waals surface area (Å²) in [6.45, 7) is 4.10. The molecule has 0 bridgehead atoms. The normalized spacial score (nSPS) is 22.9. The number of carbonyl (C=O) groups excluding carboxylic acids is 1. The average molecular weight is 324 g/mol. The highest BCUT2D eigenvalue weighted by Gasteiger charge is 2.24. The van der Waals surface area contributed by atoms with Crippen LogP contribution in [0.1, 0.15) is 51.1 Å². The number of nitrogens with zero attached hydrogens (tertiary/aromatic N) is 1. The molecule has 2 rings (SSSR count). The third-order valence-corrected chi connectivity index (χ3v) is 4.92. The van der Waals surface area contributed by atoms with Crippen LogP contribution in [0, 0.1) is 17.6 Å². The van der Waals surface area contributed by atoms with E-state index in [1.807, 2.05) is 0 Å². The molecule has 1 aliphatic carbocycles. The van der Waals surface area contributed by atoms with Gasteiger partial charge in [0.2, 0.25) is 5.91 Å². The zero-order valence-corrected chi connectivity index (χ0v) is 14.1. The molecule has 5 heteroatoms. The van der Waals surface area contributed by atoms with E-state index in [9.17, 15) is 13.6 Å². The minimum atomic E-state index is -0.470. The summed E-state index contributed by atoms with van der Waals surface area (Å²) in [7, 11) is 1.75. The summed E-state index contributed by atoms with van der Waals surface area (Å²) < 4.78 is 27.2. The summed E-state index contributed by atoms with van der Waals surface area (Å²) in [6, 6.07) is 3.27. The van der Waals surface area contributed by atoms with Crippen LogP contribution in [0.3, 0.4) is 0 Å². The predicted molar refractivity (Wildman–Crippen MR) is 87.0 cm³/mol. The lowest BCUT2D eigenvalue weighted by Gasteiger charge is -2.31. The van der Waals surface area contributed by atoms with E-state index in [0.29, 0.717) is 5.92 Å². The van der Waals surface area contributed by atoms with Gasteiger partial charge in [0.25, 0.3) is 0 Å². The van der Waals surface area contributed by atoms with Crippen molar-refractivity contribution in [3.05, 3.63) is 35.4 Å². The Labute approximate surface area is 137 Å². The van der Waals surface area contributed by atoms with Crippen LogP contribution >= 0.6 is 0 Å². The Balaban J connectivity index is 1.93.